The highest BCUT2D eigenvalue weighted by molar-refractivity contribution is 7.92. The van der Waals surface area contributed by atoms with Crippen LogP contribution >= 0.6 is 0 Å². The van der Waals surface area contributed by atoms with Crippen LogP contribution in [0.5, 0.6) is 11.5 Å². The monoisotopic (exact) mass is 311 g/mol. The summed E-state index contributed by atoms with van der Waals surface area (Å²) in [5, 5.41) is -0.218. The Bertz CT molecular complexity index is 614. The van der Waals surface area contributed by atoms with Crippen LogP contribution in [0.1, 0.15) is 18.4 Å². The maximum Gasteiger partial charge on any atom is 0.154 e. The van der Waals surface area contributed by atoms with Crippen molar-refractivity contribution in [2.24, 2.45) is 0 Å². The lowest BCUT2D eigenvalue weighted by Crippen LogP contribution is -2.35. The van der Waals surface area contributed by atoms with Gasteiger partial charge in [-0.25, -0.2) is 8.42 Å². The van der Waals surface area contributed by atoms with Gasteiger partial charge in [0, 0.05) is 25.2 Å². The predicted octanol–water partition coefficient (Wildman–Crippen LogP) is 1.47. The average molecular weight is 311 g/mol. The molecule has 0 amide bonds. The molecule has 1 fully saturated rings. The van der Waals surface area contributed by atoms with E-state index in [4.69, 9.17) is 9.47 Å². The largest absolute Gasteiger partial charge is 0.497 e. The number of sulfone groups is 1. The Labute approximate surface area is 125 Å². The Hall–Kier alpha value is -1.27. The summed E-state index contributed by atoms with van der Waals surface area (Å²) in [4.78, 5) is 2.18. The minimum atomic E-state index is -2.90. The van der Waals surface area contributed by atoms with E-state index >= 15 is 0 Å². The molecule has 0 aromatic heterocycles. The molecule has 0 bridgehead atoms. The number of nitrogens with zero attached hydrogens (tertiary/aromatic N) is 1. The number of fused-ring (bicyclic) bond motifs is 1. The minimum absolute atomic E-state index is 0.218. The van der Waals surface area contributed by atoms with Crippen LogP contribution in [-0.2, 0) is 16.4 Å². The second-order valence-corrected chi connectivity index (χ2v) is 8.09. The van der Waals surface area contributed by atoms with Gasteiger partial charge in [0.05, 0.1) is 18.1 Å². The van der Waals surface area contributed by atoms with Gasteiger partial charge in [-0.15, -0.1) is 0 Å². The molecule has 1 unspecified atom stereocenters. The Morgan fingerprint density at radius 2 is 2.29 bits per heavy atom. The van der Waals surface area contributed by atoms with Crippen LogP contribution in [0.25, 0.3) is 0 Å². The molecule has 3 rings (SSSR count). The van der Waals surface area contributed by atoms with Crippen molar-refractivity contribution in [3.63, 3.8) is 0 Å². The molecule has 0 saturated carbocycles. The van der Waals surface area contributed by atoms with Crippen molar-refractivity contribution in [2.45, 2.75) is 24.6 Å². The molecular formula is C15H21NO4S. The number of ether oxygens (including phenoxy) is 2. The van der Waals surface area contributed by atoms with Gasteiger partial charge in [0.15, 0.2) is 9.84 Å². The third-order valence-corrected chi connectivity index (χ3v) is 6.51. The van der Waals surface area contributed by atoms with Crippen LogP contribution < -0.4 is 9.47 Å². The molecule has 1 atom stereocenters. The van der Waals surface area contributed by atoms with Gasteiger partial charge < -0.3 is 9.47 Å². The molecule has 1 aromatic rings. The lowest BCUT2D eigenvalue weighted by Gasteiger charge is -2.22. The Balaban J connectivity index is 1.76. The number of hydrogen-bond acceptors (Lipinski definition) is 5. The van der Waals surface area contributed by atoms with Crippen molar-refractivity contribution in [3.8, 4) is 11.5 Å². The standard InChI is InChI=1S/C15H21NO4S/c1-19-13-4-5-15-12(9-13)10-16(6-7-20-15)11-14-3-2-8-21(14,17)18/h4-5,9,14H,2-3,6-8,10-11H2,1H3. The highest BCUT2D eigenvalue weighted by Crippen LogP contribution is 2.28. The van der Waals surface area contributed by atoms with Crippen molar-refractivity contribution in [1.29, 1.82) is 0 Å². The SMILES string of the molecule is COc1ccc2c(c1)CN(CC1CCCS1(=O)=O)CCO2. The van der Waals surface area contributed by atoms with E-state index in [1.165, 1.54) is 0 Å². The molecule has 116 valence electrons. The van der Waals surface area contributed by atoms with E-state index in [0.717, 1.165) is 36.4 Å². The number of hydrogen-bond donors (Lipinski definition) is 0. The summed E-state index contributed by atoms with van der Waals surface area (Å²) in [7, 11) is -1.25. The molecule has 2 aliphatic heterocycles. The molecule has 0 radical (unpaired) electrons. The maximum absolute atomic E-state index is 12.0. The van der Waals surface area contributed by atoms with Crippen molar-refractivity contribution in [2.75, 3.05) is 32.6 Å². The van der Waals surface area contributed by atoms with Gasteiger partial charge >= 0.3 is 0 Å². The quantitative estimate of drug-likeness (QED) is 0.846. The second-order valence-electron chi connectivity index (χ2n) is 5.69. The van der Waals surface area contributed by atoms with E-state index < -0.39 is 9.84 Å². The first-order valence-corrected chi connectivity index (χ1v) is 9.04. The maximum atomic E-state index is 12.0. The number of benzene rings is 1. The molecule has 21 heavy (non-hydrogen) atoms. The molecule has 6 heteroatoms. The molecule has 0 aliphatic carbocycles. The zero-order valence-electron chi connectivity index (χ0n) is 12.2. The van der Waals surface area contributed by atoms with Gasteiger partial charge in [-0.05, 0) is 31.0 Å². The second kappa shape index (κ2) is 5.85. The number of methoxy groups -OCH3 is 1. The third-order valence-electron chi connectivity index (χ3n) is 4.25. The van der Waals surface area contributed by atoms with Gasteiger partial charge in [0.1, 0.15) is 18.1 Å². The third kappa shape index (κ3) is 3.16. The summed E-state index contributed by atoms with van der Waals surface area (Å²) >= 11 is 0. The molecule has 0 spiro atoms. The fraction of sp³-hybridized carbons (Fsp3) is 0.600. The number of rotatable bonds is 3. The van der Waals surface area contributed by atoms with Crippen LogP contribution in [0.3, 0.4) is 0 Å². The first-order chi connectivity index (χ1) is 10.1. The smallest absolute Gasteiger partial charge is 0.154 e. The fourth-order valence-corrected chi connectivity index (χ4v) is 4.93. The van der Waals surface area contributed by atoms with Crippen LogP contribution in [0.2, 0.25) is 0 Å². The van der Waals surface area contributed by atoms with E-state index in [9.17, 15) is 8.42 Å². The molecular weight excluding hydrogens is 290 g/mol. The van der Waals surface area contributed by atoms with Gasteiger partial charge in [-0.2, -0.15) is 0 Å². The Kier molecular flexibility index (Phi) is 4.08. The zero-order valence-corrected chi connectivity index (χ0v) is 13.1. The predicted molar refractivity (Wildman–Crippen MR) is 80.6 cm³/mol. The molecule has 2 aliphatic rings. The van der Waals surface area contributed by atoms with Crippen molar-refractivity contribution >= 4 is 9.84 Å². The topological polar surface area (TPSA) is 55.8 Å². The highest BCUT2D eigenvalue weighted by atomic mass is 32.2. The van der Waals surface area contributed by atoms with Gasteiger partial charge in [0.25, 0.3) is 0 Å². The zero-order chi connectivity index (χ0) is 14.9. The van der Waals surface area contributed by atoms with Crippen molar-refractivity contribution in [3.05, 3.63) is 23.8 Å². The molecule has 5 nitrogen and oxygen atoms in total. The molecule has 1 aromatic carbocycles. The summed E-state index contributed by atoms with van der Waals surface area (Å²) in [5.41, 5.74) is 1.06. The summed E-state index contributed by atoms with van der Waals surface area (Å²) < 4.78 is 35.0. The molecule has 0 N–H and O–H groups in total. The van der Waals surface area contributed by atoms with Crippen LogP contribution in [0.4, 0.5) is 0 Å². The lowest BCUT2D eigenvalue weighted by atomic mass is 10.1. The summed E-state index contributed by atoms with van der Waals surface area (Å²) in [6.45, 7) is 2.65. The van der Waals surface area contributed by atoms with E-state index in [0.29, 0.717) is 25.4 Å². The average Bonchev–Trinajstić information content (AvgIpc) is 2.68. The van der Waals surface area contributed by atoms with Gasteiger partial charge in [-0.1, -0.05) is 0 Å². The van der Waals surface area contributed by atoms with Crippen LogP contribution in [0.15, 0.2) is 18.2 Å². The first-order valence-electron chi connectivity index (χ1n) is 7.32. The highest BCUT2D eigenvalue weighted by Gasteiger charge is 2.33. The van der Waals surface area contributed by atoms with Crippen LogP contribution in [0, 0.1) is 0 Å². The Morgan fingerprint density at radius 3 is 3.00 bits per heavy atom. The van der Waals surface area contributed by atoms with Crippen LogP contribution in [-0.4, -0.2) is 51.1 Å². The van der Waals surface area contributed by atoms with Gasteiger partial charge in [0.2, 0.25) is 0 Å². The first kappa shape index (κ1) is 14.7. The van der Waals surface area contributed by atoms with E-state index in [-0.39, 0.29) is 5.25 Å². The van der Waals surface area contributed by atoms with E-state index in [2.05, 4.69) is 4.90 Å². The minimum Gasteiger partial charge on any atom is -0.497 e. The fourth-order valence-electron chi connectivity index (χ4n) is 3.06. The molecule has 1 saturated heterocycles. The summed E-state index contributed by atoms with van der Waals surface area (Å²) in [6, 6.07) is 5.77. The Morgan fingerprint density at radius 1 is 1.43 bits per heavy atom. The van der Waals surface area contributed by atoms with E-state index in [1.54, 1.807) is 7.11 Å². The van der Waals surface area contributed by atoms with Crippen molar-refractivity contribution < 1.29 is 17.9 Å². The lowest BCUT2D eigenvalue weighted by molar-refractivity contribution is 0.224. The summed E-state index contributed by atoms with van der Waals surface area (Å²) in [6.07, 6.45) is 1.58. The molecule has 2 heterocycles. The summed E-state index contributed by atoms with van der Waals surface area (Å²) in [5.74, 6) is 2.01. The van der Waals surface area contributed by atoms with Crippen molar-refractivity contribution in [1.82, 2.24) is 4.90 Å². The normalized spacial score (nSPS) is 24.9. The van der Waals surface area contributed by atoms with E-state index in [1.807, 2.05) is 18.2 Å². The van der Waals surface area contributed by atoms with Gasteiger partial charge in [-0.3, -0.25) is 4.90 Å².